The fourth-order valence-corrected chi connectivity index (χ4v) is 7.40. The number of hydrogen-bond donors (Lipinski definition) is 0. The van der Waals surface area contributed by atoms with Gasteiger partial charge < -0.3 is 4.74 Å². The van der Waals surface area contributed by atoms with Crippen molar-refractivity contribution in [3.8, 4) is 17.2 Å². The highest BCUT2D eigenvalue weighted by molar-refractivity contribution is 7.50. The second kappa shape index (κ2) is 8.54. The zero-order valence-corrected chi connectivity index (χ0v) is 19.8. The molecule has 0 bridgehead atoms. The van der Waals surface area contributed by atoms with Crippen molar-refractivity contribution in [1.29, 1.82) is 0 Å². The van der Waals surface area contributed by atoms with Gasteiger partial charge in [0, 0.05) is 27.2 Å². The lowest BCUT2D eigenvalue weighted by molar-refractivity contribution is -0.00497. The SMILES string of the molecule is C#CC(C)(OC(=O)c1ccc(-[s+]2c3ccccc3c3ccccc32)cc1)C1CCCC=C1C. The number of rotatable bonds is 4. The van der Waals surface area contributed by atoms with Crippen LogP contribution in [0.2, 0.25) is 0 Å². The van der Waals surface area contributed by atoms with Crippen molar-refractivity contribution >= 4 is 36.6 Å². The first-order valence-corrected chi connectivity index (χ1v) is 12.6. The number of carbonyl (C=O) groups is 1. The molecule has 0 saturated heterocycles. The molecule has 0 N–H and O–H groups in total. The third kappa shape index (κ3) is 3.75. The highest BCUT2D eigenvalue weighted by Crippen LogP contribution is 2.48. The molecule has 1 aliphatic carbocycles. The number of esters is 1. The third-order valence-corrected chi connectivity index (χ3v) is 9.13. The zero-order valence-electron chi connectivity index (χ0n) is 19.0. The van der Waals surface area contributed by atoms with Crippen LogP contribution in [0.5, 0.6) is 0 Å². The molecular formula is C30H27O2S+. The number of hydrogen-bond acceptors (Lipinski definition) is 2. The minimum absolute atomic E-state index is 0.0625. The predicted molar refractivity (Wildman–Crippen MR) is 139 cm³/mol. The molecular weight excluding hydrogens is 424 g/mol. The molecule has 2 atom stereocenters. The maximum absolute atomic E-state index is 13.1. The third-order valence-electron chi connectivity index (χ3n) is 6.80. The Bertz CT molecular complexity index is 1360. The first-order chi connectivity index (χ1) is 16.0. The summed E-state index contributed by atoms with van der Waals surface area (Å²) in [6.45, 7) is 3.95. The highest BCUT2D eigenvalue weighted by atomic mass is 32.2. The van der Waals surface area contributed by atoms with Gasteiger partial charge in [-0.3, -0.25) is 0 Å². The Morgan fingerprint density at radius 3 is 2.18 bits per heavy atom. The van der Waals surface area contributed by atoms with E-state index >= 15 is 0 Å². The molecule has 3 aromatic carbocycles. The number of carbonyl (C=O) groups excluding carboxylic acids is 1. The Morgan fingerprint density at radius 1 is 1.00 bits per heavy atom. The smallest absolute Gasteiger partial charge is 0.339 e. The molecule has 0 fully saturated rings. The normalized spacial score (nSPS) is 17.8. The zero-order chi connectivity index (χ0) is 23.0. The monoisotopic (exact) mass is 451 g/mol. The van der Waals surface area contributed by atoms with Gasteiger partial charge in [-0.15, -0.1) is 6.42 Å². The van der Waals surface area contributed by atoms with Crippen LogP contribution in [0.1, 0.15) is 43.5 Å². The summed E-state index contributed by atoms with van der Waals surface area (Å²) in [5.74, 6) is 2.47. The van der Waals surface area contributed by atoms with Crippen molar-refractivity contribution in [1.82, 2.24) is 0 Å². The van der Waals surface area contributed by atoms with E-state index in [2.05, 4.69) is 79.6 Å². The molecule has 33 heavy (non-hydrogen) atoms. The van der Waals surface area contributed by atoms with E-state index in [0.717, 1.165) is 19.3 Å². The van der Waals surface area contributed by atoms with E-state index in [9.17, 15) is 4.79 Å². The molecule has 0 amide bonds. The van der Waals surface area contributed by atoms with Gasteiger partial charge in [0.15, 0.2) is 19.9 Å². The van der Waals surface area contributed by atoms with E-state index in [0.29, 0.717) is 5.56 Å². The summed E-state index contributed by atoms with van der Waals surface area (Å²) in [5, 5.41) is 2.58. The van der Waals surface area contributed by atoms with E-state index in [4.69, 9.17) is 11.2 Å². The minimum Gasteiger partial charge on any atom is -0.442 e. The van der Waals surface area contributed by atoms with Crippen LogP contribution < -0.4 is 0 Å². The van der Waals surface area contributed by atoms with E-state index in [1.54, 1.807) is 0 Å². The number of ether oxygens (including phenoxy) is 1. The van der Waals surface area contributed by atoms with Crippen LogP contribution in [0, 0.1) is 18.3 Å². The largest absolute Gasteiger partial charge is 0.442 e. The lowest BCUT2D eigenvalue weighted by atomic mass is 9.77. The summed E-state index contributed by atoms with van der Waals surface area (Å²) < 4.78 is 8.60. The van der Waals surface area contributed by atoms with Gasteiger partial charge in [0.2, 0.25) is 0 Å². The molecule has 1 aromatic heterocycles. The van der Waals surface area contributed by atoms with Gasteiger partial charge in [0.25, 0.3) is 0 Å². The summed E-state index contributed by atoms with van der Waals surface area (Å²) in [7, 11) is -0.183. The molecule has 1 aliphatic rings. The molecule has 4 aromatic rings. The van der Waals surface area contributed by atoms with Gasteiger partial charge in [0.1, 0.15) is 0 Å². The summed E-state index contributed by atoms with van der Waals surface area (Å²) in [4.78, 5) is 14.3. The fourth-order valence-electron chi connectivity index (χ4n) is 5.02. The van der Waals surface area contributed by atoms with E-state index in [1.165, 1.54) is 30.6 Å². The van der Waals surface area contributed by atoms with Crippen molar-refractivity contribution < 1.29 is 9.53 Å². The van der Waals surface area contributed by atoms with Crippen molar-refractivity contribution in [3.05, 3.63) is 90.0 Å². The molecule has 2 nitrogen and oxygen atoms in total. The van der Waals surface area contributed by atoms with Gasteiger partial charge in [-0.25, -0.2) is 4.79 Å². The number of thiophene rings is 1. The Hall–Kier alpha value is -3.35. The first-order valence-electron chi connectivity index (χ1n) is 11.4. The van der Waals surface area contributed by atoms with Crippen LogP contribution in [0.15, 0.2) is 84.4 Å². The quantitative estimate of drug-likeness (QED) is 0.136. The number of benzene rings is 3. The van der Waals surface area contributed by atoms with E-state index < -0.39 is 5.60 Å². The highest BCUT2D eigenvalue weighted by Gasteiger charge is 2.38. The maximum atomic E-state index is 13.1. The van der Waals surface area contributed by atoms with E-state index in [-0.39, 0.29) is 22.4 Å². The fraction of sp³-hybridized carbons (Fsp3) is 0.233. The molecule has 164 valence electrons. The lowest BCUT2D eigenvalue weighted by Crippen LogP contribution is -2.40. The number of allylic oxidation sites excluding steroid dienone is 1. The van der Waals surface area contributed by atoms with Gasteiger partial charge >= 0.3 is 5.97 Å². The average Bonchev–Trinajstić information content (AvgIpc) is 3.19. The van der Waals surface area contributed by atoms with Crippen LogP contribution in [0.25, 0.3) is 25.1 Å². The number of fused-ring (bicyclic) bond motifs is 3. The van der Waals surface area contributed by atoms with Crippen molar-refractivity contribution in [2.24, 2.45) is 5.92 Å². The van der Waals surface area contributed by atoms with Gasteiger partial charge in [-0.05, 0) is 81.6 Å². The van der Waals surface area contributed by atoms with Crippen LogP contribution in [-0.4, -0.2) is 11.6 Å². The molecule has 0 saturated carbocycles. The Balaban J connectivity index is 1.47. The first kappa shape index (κ1) is 21.5. The summed E-state index contributed by atoms with van der Waals surface area (Å²) >= 11 is 0. The Morgan fingerprint density at radius 2 is 1.61 bits per heavy atom. The van der Waals surface area contributed by atoms with Gasteiger partial charge in [-0.1, -0.05) is 41.8 Å². The Kier molecular flexibility index (Phi) is 5.56. The maximum Gasteiger partial charge on any atom is 0.339 e. The topological polar surface area (TPSA) is 26.3 Å². The summed E-state index contributed by atoms with van der Waals surface area (Å²) in [6, 6.07) is 25.0. The standard InChI is InChI=1S/C30H27O2S/c1-4-30(3,26-14-8-5-11-21(26)2)32-29(31)22-17-19-23(20-18-22)33-27-15-9-6-12-24(27)25-13-7-10-16-28(25)33/h1,6-7,9-13,15-20,26H,5,8,14H2,2-3H3/q+1. The summed E-state index contributed by atoms with van der Waals surface area (Å²) in [5.41, 5.74) is 0.800. The second-order valence-electron chi connectivity index (χ2n) is 8.90. The molecule has 0 spiro atoms. The van der Waals surface area contributed by atoms with Crippen LogP contribution >= 0.6 is 10.5 Å². The molecule has 5 rings (SSSR count). The molecule has 0 radical (unpaired) electrons. The van der Waals surface area contributed by atoms with Crippen LogP contribution in [0.3, 0.4) is 0 Å². The van der Waals surface area contributed by atoms with Crippen molar-refractivity contribution in [3.63, 3.8) is 0 Å². The predicted octanol–water partition coefficient (Wildman–Crippen LogP) is 8.03. The molecule has 2 unspecified atom stereocenters. The molecule has 0 aliphatic heterocycles. The Labute approximate surface area is 197 Å². The summed E-state index contributed by atoms with van der Waals surface area (Å²) in [6.07, 6.45) is 11.2. The molecule has 3 heteroatoms. The second-order valence-corrected chi connectivity index (χ2v) is 10.9. The van der Waals surface area contributed by atoms with Crippen LogP contribution in [0.4, 0.5) is 0 Å². The number of terminal acetylenes is 1. The average molecular weight is 452 g/mol. The van der Waals surface area contributed by atoms with Gasteiger partial charge in [0.05, 0.1) is 5.56 Å². The van der Waals surface area contributed by atoms with Gasteiger partial charge in [-0.2, -0.15) is 0 Å². The van der Waals surface area contributed by atoms with Crippen molar-refractivity contribution in [2.75, 3.05) is 0 Å². The molecule has 1 heterocycles. The van der Waals surface area contributed by atoms with Crippen molar-refractivity contribution in [2.45, 2.75) is 38.7 Å². The van der Waals surface area contributed by atoms with Crippen LogP contribution in [-0.2, 0) is 4.74 Å². The lowest BCUT2D eigenvalue weighted by Gasteiger charge is -2.35. The van der Waals surface area contributed by atoms with E-state index in [1.807, 2.05) is 19.1 Å². The minimum atomic E-state index is -0.943.